The molecule has 6 rings (SSSR count). The first kappa shape index (κ1) is 14.3. The van der Waals surface area contributed by atoms with Crippen LogP contribution in [-0.2, 0) is 0 Å². The van der Waals surface area contributed by atoms with Crippen LogP contribution in [0.15, 0.2) is 72.8 Å². The molecule has 1 nitrogen and oxygen atoms in total. The highest BCUT2D eigenvalue weighted by Gasteiger charge is 2.19. The molecule has 0 aliphatic carbocycles. The third-order valence-corrected chi connectivity index (χ3v) is 7.23. The minimum Gasteiger partial charge on any atom is -0.308 e. The molecule has 0 aliphatic heterocycles. The minimum atomic E-state index is -0.464. The number of nitrogens with zero attached hydrogens (tertiary/aromatic N) is 1. The molecule has 2 aromatic heterocycles. The second-order valence-corrected chi connectivity index (χ2v) is 10.0. The highest BCUT2D eigenvalue weighted by Crippen LogP contribution is 2.42. The molecule has 0 spiro atoms. The Kier molecular flexibility index (Phi) is 2.68. The number of para-hydroxylation sites is 1. The number of fused-ring (bicyclic) bond motifs is 8. The first-order chi connectivity index (χ1) is 12.7. The molecule has 0 atom stereocenters. The molecule has 0 unspecified atom stereocenters. The topological polar surface area (TPSA) is 4.41 Å². The quantitative estimate of drug-likeness (QED) is 0.323. The number of benzene rings is 4. The van der Waals surface area contributed by atoms with Crippen molar-refractivity contribution in [1.82, 2.24) is 4.40 Å². The number of hydrogen-bond acceptors (Lipinski definition) is 0. The summed E-state index contributed by atoms with van der Waals surface area (Å²) in [6.07, 6.45) is 0. The van der Waals surface area contributed by atoms with Crippen LogP contribution in [0.2, 0.25) is 13.1 Å². The van der Waals surface area contributed by atoms with Gasteiger partial charge < -0.3 is 4.40 Å². The van der Waals surface area contributed by atoms with E-state index in [0.29, 0.717) is 0 Å². The van der Waals surface area contributed by atoms with Gasteiger partial charge in [0.2, 0.25) is 0 Å². The highest BCUT2D eigenvalue weighted by molar-refractivity contribution is 6.71. The highest BCUT2D eigenvalue weighted by atomic mass is 28.3. The van der Waals surface area contributed by atoms with E-state index in [2.05, 4.69) is 90.3 Å². The standard InChI is InChI=1S/C24H18NSi/c1-26(2)16-11-12-22-19(14-16)20-13-15-7-3-4-8-17(15)23-18-9-5-6-10-21(18)25(22)24(20)23/h3-14H,1-2H3. The van der Waals surface area contributed by atoms with E-state index in [4.69, 9.17) is 0 Å². The lowest BCUT2D eigenvalue weighted by atomic mass is 10.0. The number of hydrogen-bond donors (Lipinski definition) is 0. The van der Waals surface area contributed by atoms with E-state index >= 15 is 0 Å². The molecule has 26 heavy (non-hydrogen) atoms. The molecule has 0 aliphatic rings. The average molecular weight is 349 g/mol. The third kappa shape index (κ3) is 1.65. The monoisotopic (exact) mass is 348 g/mol. The van der Waals surface area contributed by atoms with Gasteiger partial charge in [0.1, 0.15) is 0 Å². The Balaban J connectivity index is 2.00. The summed E-state index contributed by atoms with van der Waals surface area (Å²) in [5.41, 5.74) is 4.01. The van der Waals surface area contributed by atoms with Gasteiger partial charge in [-0.2, -0.15) is 0 Å². The van der Waals surface area contributed by atoms with Gasteiger partial charge in [-0.05, 0) is 29.0 Å². The van der Waals surface area contributed by atoms with Crippen LogP contribution in [0.25, 0.3) is 48.9 Å². The maximum atomic E-state index is 2.48. The molecule has 0 bridgehead atoms. The van der Waals surface area contributed by atoms with Gasteiger partial charge in [0.05, 0.1) is 25.3 Å². The first-order valence-corrected chi connectivity index (χ1v) is 11.6. The summed E-state index contributed by atoms with van der Waals surface area (Å²) in [6, 6.07) is 27.1. The fraction of sp³-hybridized carbons (Fsp3) is 0.0833. The molecule has 0 saturated heterocycles. The zero-order valence-electron chi connectivity index (χ0n) is 14.9. The van der Waals surface area contributed by atoms with Crippen molar-refractivity contribution in [2.75, 3.05) is 0 Å². The molecule has 6 aromatic rings. The molecule has 2 heterocycles. The Morgan fingerprint density at radius 1 is 0.654 bits per heavy atom. The fourth-order valence-electron chi connectivity index (χ4n) is 4.56. The van der Waals surface area contributed by atoms with Gasteiger partial charge in [0, 0.05) is 21.5 Å². The van der Waals surface area contributed by atoms with Crippen molar-refractivity contribution >= 4 is 62.9 Å². The van der Waals surface area contributed by atoms with Crippen LogP contribution in [0.1, 0.15) is 0 Å². The van der Waals surface area contributed by atoms with Crippen LogP contribution in [0.5, 0.6) is 0 Å². The lowest BCUT2D eigenvalue weighted by Crippen LogP contribution is -2.21. The lowest BCUT2D eigenvalue weighted by Gasteiger charge is -2.05. The van der Waals surface area contributed by atoms with E-state index in [0.717, 1.165) is 0 Å². The molecule has 0 saturated carbocycles. The van der Waals surface area contributed by atoms with E-state index in [1.807, 2.05) is 0 Å². The van der Waals surface area contributed by atoms with Crippen LogP contribution >= 0.6 is 0 Å². The Morgan fingerprint density at radius 3 is 2.23 bits per heavy atom. The second-order valence-electron chi connectivity index (χ2n) is 7.45. The van der Waals surface area contributed by atoms with Gasteiger partial charge in [-0.3, -0.25) is 0 Å². The maximum absolute atomic E-state index is 2.48. The molecule has 123 valence electrons. The SMILES string of the molecule is C[Si](C)c1ccc2c(c1)c1cc3ccccc3c3c4ccccc4n2c13. The minimum absolute atomic E-state index is 0.464. The van der Waals surface area contributed by atoms with Gasteiger partial charge in [0.25, 0.3) is 0 Å². The van der Waals surface area contributed by atoms with Crippen LogP contribution in [-0.4, -0.2) is 13.2 Å². The molecule has 0 amide bonds. The first-order valence-electron chi connectivity index (χ1n) is 9.14. The van der Waals surface area contributed by atoms with Crippen molar-refractivity contribution in [1.29, 1.82) is 0 Å². The van der Waals surface area contributed by atoms with Gasteiger partial charge >= 0.3 is 0 Å². The van der Waals surface area contributed by atoms with Crippen LogP contribution in [0.3, 0.4) is 0 Å². The summed E-state index contributed by atoms with van der Waals surface area (Å²) in [5, 5.41) is 9.71. The summed E-state index contributed by atoms with van der Waals surface area (Å²) in [5.74, 6) is 0. The Morgan fingerprint density at radius 2 is 1.38 bits per heavy atom. The Hall–Kier alpha value is -2.84. The van der Waals surface area contributed by atoms with E-state index < -0.39 is 8.80 Å². The largest absolute Gasteiger partial charge is 0.308 e. The smallest absolute Gasteiger partial charge is 0.0791 e. The normalized spacial score (nSPS) is 12.6. The third-order valence-electron chi connectivity index (χ3n) is 5.76. The summed E-state index contributed by atoms with van der Waals surface area (Å²) in [4.78, 5) is 0. The average Bonchev–Trinajstić information content (AvgIpc) is 3.18. The molecular weight excluding hydrogens is 330 g/mol. The van der Waals surface area contributed by atoms with Crippen LogP contribution < -0.4 is 5.19 Å². The van der Waals surface area contributed by atoms with Crippen molar-refractivity contribution in [3.05, 3.63) is 72.8 Å². The molecule has 4 aromatic carbocycles. The van der Waals surface area contributed by atoms with Crippen LogP contribution in [0, 0.1) is 0 Å². The fourth-order valence-corrected chi connectivity index (χ4v) is 5.40. The summed E-state index contributed by atoms with van der Waals surface area (Å²) >= 11 is 0. The molecular formula is C24H18NSi. The number of aromatic nitrogens is 1. The van der Waals surface area contributed by atoms with Crippen LogP contribution in [0.4, 0.5) is 0 Å². The second kappa shape index (κ2) is 4.86. The van der Waals surface area contributed by atoms with Crippen molar-refractivity contribution < 1.29 is 0 Å². The van der Waals surface area contributed by atoms with E-state index in [-0.39, 0.29) is 0 Å². The van der Waals surface area contributed by atoms with Crippen molar-refractivity contribution in [3.8, 4) is 0 Å². The number of rotatable bonds is 1. The van der Waals surface area contributed by atoms with E-state index in [1.54, 1.807) is 0 Å². The van der Waals surface area contributed by atoms with Crippen molar-refractivity contribution in [2.24, 2.45) is 0 Å². The van der Waals surface area contributed by atoms with Crippen molar-refractivity contribution in [2.45, 2.75) is 13.1 Å². The molecule has 0 N–H and O–H groups in total. The molecule has 1 radical (unpaired) electrons. The molecule has 2 heteroatoms. The zero-order valence-corrected chi connectivity index (χ0v) is 15.9. The lowest BCUT2D eigenvalue weighted by molar-refractivity contribution is 1.37. The zero-order chi connectivity index (χ0) is 17.4. The summed E-state index contributed by atoms with van der Waals surface area (Å²) in [6.45, 7) is 4.74. The predicted octanol–water partition coefficient (Wildman–Crippen LogP) is 5.95. The van der Waals surface area contributed by atoms with Gasteiger partial charge in [-0.15, -0.1) is 0 Å². The van der Waals surface area contributed by atoms with Crippen molar-refractivity contribution in [3.63, 3.8) is 0 Å². The van der Waals surface area contributed by atoms with Gasteiger partial charge in [-0.1, -0.05) is 72.9 Å². The van der Waals surface area contributed by atoms with E-state index in [1.165, 1.54) is 54.1 Å². The summed E-state index contributed by atoms with van der Waals surface area (Å²) in [7, 11) is -0.464. The predicted molar refractivity (Wildman–Crippen MR) is 116 cm³/mol. The van der Waals surface area contributed by atoms with Gasteiger partial charge in [0.15, 0.2) is 0 Å². The Labute approximate surface area is 153 Å². The molecule has 0 fully saturated rings. The Bertz CT molecular complexity index is 1460. The summed E-state index contributed by atoms with van der Waals surface area (Å²) < 4.78 is 2.48. The maximum Gasteiger partial charge on any atom is 0.0791 e. The van der Waals surface area contributed by atoms with E-state index in [9.17, 15) is 0 Å². The van der Waals surface area contributed by atoms with Gasteiger partial charge in [-0.25, -0.2) is 0 Å².